The maximum Gasteiger partial charge on any atom is 0.417 e. The summed E-state index contributed by atoms with van der Waals surface area (Å²) in [5.74, 6) is 0. The Kier molecular flexibility index (Phi) is 4.39. The van der Waals surface area contributed by atoms with Crippen LogP contribution in [0.3, 0.4) is 0 Å². The normalized spacial score (nSPS) is 12.7. The molecule has 1 aromatic carbocycles. The van der Waals surface area contributed by atoms with Crippen LogP contribution in [-0.4, -0.2) is 23.2 Å². The van der Waals surface area contributed by atoms with E-state index in [1.165, 1.54) is 24.5 Å². The molecule has 0 aliphatic heterocycles. The first-order valence-corrected chi connectivity index (χ1v) is 9.10. The molecule has 0 aliphatic rings. The monoisotopic (exact) mass is 384 g/mol. The smallest absolute Gasteiger partial charge is 0.278 e. The van der Waals surface area contributed by atoms with Gasteiger partial charge in [-0.1, -0.05) is 12.1 Å². The molecule has 0 aliphatic carbocycles. The number of anilines is 1. The Morgan fingerprint density at radius 3 is 2.50 bits per heavy atom. The molecule has 0 spiro atoms. The summed E-state index contributed by atoms with van der Waals surface area (Å²) in [6.45, 7) is 3.83. The molecule has 0 saturated heterocycles. The Bertz CT molecular complexity index is 1060. The number of alkyl halides is 3. The SMILES string of the molecule is CC(C)n1ncc2cc(NS(=O)(=O)c3ccccc3C(F)(F)F)cnc21. The first kappa shape index (κ1) is 18.2. The van der Waals surface area contributed by atoms with E-state index < -0.39 is 26.7 Å². The summed E-state index contributed by atoms with van der Waals surface area (Å²) in [7, 11) is -4.44. The van der Waals surface area contributed by atoms with Crippen molar-refractivity contribution in [3.8, 4) is 0 Å². The molecule has 0 unspecified atom stereocenters. The molecule has 3 aromatic rings. The van der Waals surface area contributed by atoms with Gasteiger partial charge in [0.15, 0.2) is 5.65 Å². The number of nitrogens with zero attached hydrogens (tertiary/aromatic N) is 3. The number of halogens is 3. The molecule has 0 radical (unpaired) electrons. The number of rotatable bonds is 4. The van der Waals surface area contributed by atoms with Crippen molar-refractivity contribution < 1.29 is 21.6 Å². The molecule has 1 N–H and O–H groups in total. The number of aromatic nitrogens is 3. The Balaban J connectivity index is 2.00. The fourth-order valence-corrected chi connectivity index (χ4v) is 3.78. The van der Waals surface area contributed by atoms with Crippen molar-refractivity contribution >= 4 is 26.7 Å². The van der Waals surface area contributed by atoms with Crippen molar-refractivity contribution in [2.24, 2.45) is 0 Å². The van der Waals surface area contributed by atoms with Gasteiger partial charge in [0.2, 0.25) is 0 Å². The third-order valence-corrected chi connectivity index (χ3v) is 5.10. The molecule has 3 rings (SSSR count). The molecule has 2 heterocycles. The second kappa shape index (κ2) is 6.27. The van der Waals surface area contributed by atoms with Gasteiger partial charge in [-0.05, 0) is 32.0 Å². The van der Waals surface area contributed by atoms with E-state index in [0.29, 0.717) is 11.0 Å². The van der Waals surface area contributed by atoms with Crippen molar-refractivity contribution in [3.63, 3.8) is 0 Å². The van der Waals surface area contributed by atoms with Gasteiger partial charge in [0.1, 0.15) is 0 Å². The highest BCUT2D eigenvalue weighted by atomic mass is 32.2. The van der Waals surface area contributed by atoms with Crippen molar-refractivity contribution in [3.05, 3.63) is 48.3 Å². The number of fused-ring (bicyclic) bond motifs is 1. The van der Waals surface area contributed by atoms with Crippen molar-refractivity contribution in [2.45, 2.75) is 31.0 Å². The van der Waals surface area contributed by atoms with E-state index in [2.05, 4.69) is 14.8 Å². The first-order chi connectivity index (χ1) is 12.1. The van der Waals surface area contributed by atoms with Gasteiger partial charge in [-0.15, -0.1) is 0 Å². The van der Waals surface area contributed by atoms with Crippen LogP contribution in [0.4, 0.5) is 18.9 Å². The van der Waals surface area contributed by atoms with Gasteiger partial charge >= 0.3 is 6.18 Å². The molecule has 0 atom stereocenters. The highest BCUT2D eigenvalue weighted by Crippen LogP contribution is 2.34. The van der Waals surface area contributed by atoms with Crippen molar-refractivity contribution in [2.75, 3.05) is 4.72 Å². The summed E-state index contributed by atoms with van der Waals surface area (Å²) in [5, 5.41) is 4.74. The molecule has 2 aromatic heterocycles. The molecule has 0 bridgehead atoms. The number of benzene rings is 1. The van der Waals surface area contributed by atoms with Gasteiger partial charge in [-0.2, -0.15) is 18.3 Å². The lowest BCUT2D eigenvalue weighted by atomic mass is 10.2. The first-order valence-electron chi connectivity index (χ1n) is 7.62. The zero-order valence-electron chi connectivity index (χ0n) is 13.8. The second-order valence-corrected chi connectivity index (χ2v) is 7.57. The predicted octanol–water partition coefficient (Wildman–Crippen LogP) is 3.83. The maximum atomic E-state index is 13.1. The Hall–Kier alpha value is -2.62. The number of pyridine rings is 1. The standard InChI is InChI=1S/C16H15F3N4O2S/c1-10(2)23-15-11(8-21-23)7-12(9-20-15)22-26(24,25)14-6-4-3-5-13(14)16(17,18)19/h3-10,22H,1-2H3. The van der Waals surface area contributed by atoms with E-state index in [1.807, 2.05) is 13.8 Å². The van der Waals surface area contributed by atoms with E-state index in [1.54, 1.807) is 4.68 Å². The van der Waals surface area contributed by atoms with Crippen LogP contribution in [0.2, 0.25) is 0 Å². The fourth-order valence-electron chi connectivity index (χ4n) is 2.52. The fraction of sp³-hybridized carbons (Fsp3) is 0.250. The number of hydrogen-bond acceptors (Lipinski definition) is 4. The van der Waals surface area contributed by atoms with Gasteiger partial charge < -0.3 is 0 Å². The van der Waals surface area contributed by atoms with Gasteiger partial charge in [0, 0.05) is 11.4 Å². The third-order valence-electron chi connectivity index (χ3n) is 3.66. The summed E-state index contributed by atoms with van der Waals surface area (Å²) in [6.07, 6.45) is -2.02. The van der Waals surface area contributed by atoms with Crippen LogP contribution < -0.4 is 4.72 Å². The van der Waals surface area contributed by atoms with E-state index in [9.17, 15) is 21.6 Å². The van der Waals surface area contributed by atoms with Crippen LogP contribution in [0.15, 0.2) is 47.6 Å². The molecular weight excluding hydrogens is 369 g/mol. The maximum absolute atomic E-state index is 13.1. The molecule has 6 nitrogen and oxygen atoms in total. The Morgan fingerprint density at radius 1 is 1.15 bits per heavy atom. The summed E-state index contributed by atoms with van der Waals surface area (Å²) in [4.78, 5) is 3.32. The lowest BCUT2D eigenvalue weighted by Gasteiger charge is -2.14. The van der Waals surface area contributed by atoms with Gasteiger partial charge in [0.25, 0.3) is 10.0 Å². The molecule has 0 fully saturated rings. The predicted molar refractivity (Wildman–Crippen MR) is 90.2 cm³/mol. The van der Waals surface area contributed by atoms with Gasteiger partial charge in [0.05, 0.1) is 28.5 Å². The van der Waals surface area contributed by atoms with Crippen LogP contribution in [0.25, 0.3) is 11.0 Å². The summed E-state index contributed by atoms with van der Waals surface area (Å²) < 4.78 is 68.0. The highest BCUT2D eigenvalue weighted by Gasteiger charge is 2.36. The Labute approximate surface area is 147 Å². The van der Waals surface area contributed by atoms with Crippen LogP contribution in [-0.2, 0) is 16.2 Å². The van der Waals surface area contributed by atoms with Crippen LogP contribution in [0.1, 0.15) is 25.5 Å². The zero-order valence-corrected chi connectivity index (χ0v) is 14.6. The largest absolute Gasteiger partial charge is 0.417 e. The second-order valence-electron chi connectivity index (χ2n) is 5.92. The van der Waals surface area contributed by atoms with Crippen LogP contribution in [0.5, 0.6) is 0 Å². The average Bonchev–Trinajstić information content (AvgIpc) is 2.97. The number of hydrogen-bond donors (Lipinski definition) is 1. The lowest BCUT2D eigenvalue weighted by molar-refractivity contribution is -0.139. The molecule has 10 heteroatoms. The summed E-state index contributed by atoms with van der Waals surface area (Å²) in [6, 6.07) is 5.54. The summed E-state index contributed by atoms with van der Waals surface area (Å²) in [5.41, 5.74) is -0.620. The van der Waals surface area contributed by atoms with Crippen LogP contribution >= 0.6 is 0 Å². The van der Waals surface area contributed by atoms with E-state index >= 15 is 0 Å². The van der Waals surface area contributed by atoms with E-state index in [-0.39, 0.29) is 11.7 Å². The third kappa shape index (κ3) is 3.36. The number of sulfonamides is 1. The molecule has 26 heavy (non-hydrogen) atoms. The minimum Gasteiger partial charge on any atom is -0.278 e. The average molecular weight is 384 g/mol. The van der Waals surface area contributed by atoms with E-state index in [0.717, 1.165) is 18.2 Å². The van der Waals surface area contributed by atoms with Crippen LogP contribution in [0, 0.1) is 0 Å². The Morgan fingerprint density at radius 2 is 1.85 bits per heavy atom. The highest BCUT2D eigenvalue weighted by molar-refractivity contribution is 7.92. The lowest BCUT2D eigenvalue weighted by Crippen LogP contribution is -2.19. The van der Waals surface area contributed by atoms with Crippen molar-refractivity contribution in [1.82, 2.24) is 14.8 Å². The van der Waals surface area contributed by atoms with E-state index in [4.69, 9.17) is 0 Å². The number of nitrogens with one attached hydrogen (secondary N) is 1. The summed E-state index contributed by atoms with van der Waals surface area (Å²) >= 11 is 0. The molecule has 0 amide bonds. The molecule has 138 valence electrons. The molecule has 0 saturated carbocycles. The van der Waals surface area contributed by atoms with Gasteiger partial charge in [-0.3, -0.25) is 4.72 Å². The molecular formula is C16H15F3N4O2S. The van der Waals surface area contributed by atoms with Gasteiger partial charge in [-0.25, -0.2) is 18.1 Å². The zero-order chi connectivity index (χ0) is 19.1. The minimum atomic E-state index is -4.79. The topological polar surface area (TPSA) is 76.9 Å². The quantitative estimate of drug-likeness (QED) is 0.742. The minimum absolute atomic E-state index is 0.0535. The van der Waals surface area contributed by atoms with Crippen molar-refractivity contribution in [1.29, 1.82) is 0 Å².